The lowest BCUT2D eigenvalue weighted by molar-refractivity contribution is 0.608. The number of benzene rings is 1. The van der Waals surface area contributed by atoms with Gasteiger partial charge >= 0.3 is 0 Å². The molecule has 0 saturated heterocycles. The summed E-state index contributed by atoms with van der Waals surface area (Å²) in [5, 5.41) is 0. The van der Waals surface area contributed by atoms with Gasteiger partial charge in [0.15, 0.2) is 0 Å². The highest BCUT2D eigenvalue weighted by atomic mass is 15.0. The van der Waals surface area contributed by atoms with Crippen LogP contribution in [0.15, 0.2) is 30.5 Å². The van der Waals surface area contributed by atoms with Gasteiger partial charge in [0.05, 0.1) is 0 Å². The molecule has 1 aromatic heterocycles. The van der Waals surface area contributed by atoms with Crippen LogP contribution >= 0.6 is 0 Å². The van der Waals surface area contributed by atoms with E-state index in [-0.39, 0.29) is 0 Å². The standard InChI is InChI=1S/C18H25N/c1-5-6-7-10-19-11-8-9-17(19)18-15(3)12-14(2)13-16(18)4/h8-9,11-13H,5-7,10H2,1-4H3. The number of aromatic nitrogens is 1. The molecule has 0 amide bonds. The van der Waals surface area contributed by atoms with Crippen molar-refractivity contribution in [3.05, 3.63) is 47.2 Å². The summed E-state index contributed by atoms with van der Waals surface area (Å²) in [6, 6.07) is 8.98. The van der Waals surface area contributed by atoms with Crippen LogP contribution in [0.2, 0.25) is 0 Å². The molecule has 0 unspecified atom stereocenters. The topological polar surface area (TPSA) is 4.93 Å². The van der Waals surface area contributed by atoms with E-state index in [1.54, 1.807) is 0 Å². The SMILES string of the molecule is CCCCCn1cccc1-c1c(C)cc(C)cc1C. The zero-order valence-electron chi connectivity index (χ0n) is 12.7. The summed E-state index contributed by atoms with van der Waals surface area (Å²) in [5.41, 5.74) is 6.89. The predicted molar refractivity (Wildman–Crippen MR) is 83.6 cm³/mol. The third kappa shape index (κ3) is 3.09. The molecule has 2 aromatic rings. The van der Waals surface area contributed by atoms with E-state index in [1.807, 2.05) is 0 Å². The Kier molecular flexibility index (Phi) is 4.47. The molecule has 2 rings (SSSR count). The lowest BCUT2D eigenvalue weighted by Crippen LogP contribution is -2.01. The molecule has 102 valence electrons. The van der Waals surface area contributed by atoms with E-state index >= 15 is 0 Å². The third-order valence-corrected chi connectivity index (χ3v) is 3.77. The Morgan fingerprint density at radius 2 is 1.68 bits per heavy atom. The summed E-state index contributed by atoms with van der Waals surface area (Å²) < 4.78 is 2.40. The molecule has 0 N–H and O–H groups in total. The largest absolute Gasteiger partial charge is 0.347 e. The third-order valence-electron chi connectivity index (χ3n) is 3.77. The molecular formula is C18H25N. The quantitative estimate of drug-likeness (QED) is 0.641. The number of hydrogen-bond acceptors (Lipinski definition) is 0. The van der Waals surface area contributed by atoms with E-state index < -0.39 is 0 Å². The van der Waals surface area contributed by atoms with E-state index in [2.05, 4.69) is 62.7 Å². The monoisotopic (exact) mass is 255 g/mol. The van der Waals surface area contributed by atoms with Gasteiger partial charge in [-0.1, -0.05) is 37.5 Å². The minimum Gasteiger partial charge on any atom is -0.347 e. The first-order chi connectivity index (χ1) is 9.13. The van der Waals surface area contributed by atoms with Crippen molar-refractivity contribution in [2.45, 2.75) is 53.5 Å². The van der Waals surface area contributed by atoms with Crippen LogP contribution in [0.5, 0.6) is 0 Å². The molecule has 0 aliphatic heterocycles. The maximum absolute atomic E-state index is 2.40. The van der Waals surface area contributed by atoms with Gasteiger partial charge in [0, 0.05) is 24.0 Å². The second-order valence-corrected chi connectivity index (χ2v) is 5.57. The fourth-order valence-corrected chi connectivity index (χ4v) is 2.95. The Morgan fingerprint density at radius 3 is 2.32 bits per heavy atom. The average Bonchev–Trinajstić information content (AvgIpc) is 2.76. The van der Waals surface area contributed by atoms with Gasteiger partial charge in [-0.05, 0) is 50.5 Å². The lowest BCUT2D eigenvalue weighted by atomic mass is 9.97. The summed E-state index contributed by atoms with van der Waals surface area (Å²) in [6.07, 6.45) is 6.06. The average molecular weight is 255 g/mol. The fraction of sp³-hybridized carbons (Fsp3) is 0.444. The molecular weight excluding hydrogens is 230 g/mol. The molecule has 1 heteroatoms. The summed E-state index contributed by atoms with van der Waals surface area (Å²) in [6.45, 7) is 10.00. The van der Waals surface area contributed by atoms with Crippen LogP contribution in [-0.2, 0) is 6.54 Å². The Morgan fingerprint density at radius 1 is 1.00 bits per heavy atom. The minimum atomic E-state index is 1.13. The van der Waals surface area contributed by atoms with Crippen LogP contribution in [0.1, 0.15) is 42.9 Å². The van der Waals surface area contributed by atoms with Crippen LogP contribution in [0, 0.1) is 20.8 Å². The predicted octanol–water partition coefficient (Wildman–Crippen LogP) is 5.27. The Balaban J connectivity index is 2.35. The number of aryl methyl sites for hydroxylation is 4. The van der Waals surface area contributed by atoms with Gasteiger partial charge < -0.3 is 4.57 Å². The van der Waals surface area contributed by atoms with Gasteiger partial charge in [-0.25, -0.2) is 0 Å². The minimum absolute atomic E-state index is 1.13. The summed E-state index contributed by atoms with van der Waals surface area (Å²) in [7, 11) is 0. The first-order valence-corrected chi connectivity index (χ1v) is 7.37. The van der Waals surface area contributed by atoms with Crippen molar-refractivity contribution in [2.24, 2.45) is 0 Å². The molecule has 0 spiro atoms. The smallest absolute Gasteiger partial charge is 0.0485 e. The zero-order valence-corrected chi connectivity index (χ0v) is 12.7. The van der Waals surface area contributed by atoms with Crippen LogP contribution in [0.3, 0.4) is 0 Å². The molecule has 0 aliphatic carbocycles. The highest BCUT2D eigenvalue weighted by molar-refractivity contribution is 5.68. The van der Waals surface area contributed by atoms with E-state index in [0.717, 1.165) is 6.54 Å². The van der Waals surface area contributed by atoms with E-state index in [4.69, 9.17) is 0 Å². The lowest BCUT2D eigenvalue weighted by Gasteiger charge is -2.15. The van der Waals surface area contributed by atoms with Crippen LogP contribution in [0.25, 0.3) is 11.3 Å². The van der Waals surface area contributed by atoms with Crippen molar-refractivity contribution >= 4 is 0 Å². The first kappa shape index (κ1) is 13.9. The van der Waals surface area contributed by atoms with Crippen molar-refractivity contribution in [3.63, 3.8) is 0 Å². The molecule has 0 radical (unpaired) electrons. The summed E-state index contributed by atoms with van der Waals surface area (Å²) in [5.74, 6) is 0. The molecule has 0 fully saturated rings. The maximum Gasteiger partial charge on any atom is 0.0485 e. The van der Waals surface area contributed by atoms with E-state index in [9.17, 15) is 0 Å². The number of nitrogens with zero attached hydrogens (tertiary/aromatic N) is 1. The first-order valence-electron chi connectivity index (χ1n) is 7.37. The summed E-state index contributed by atoms with van der Waals surface area (Å²) in [4.78, 5) is 0. The van der Waals surface area contributed by atoms with Crippen molar-refractivity contribution in [1.29, 1.82) is 0 Å². The second kappa shape index (κ2) is 6.10. The molecule has 1 nitrogen and oxygen atoms in total. The van der Waals surface area contributed by atoms with E-state index in [1.165, 1.54) is 47.2 Å². The van der Waals surface area contributed by atoms with Crippen LogP contribution in [0.4, 0.5) is 0 Å². The molecule has 0 aliphatic rings. The number of unbranched alkanes of at least 4 members (excludes halogenated alkanes) is 2. The van der Waals surface area contributed by atoms with Crippen molar-refractivity contribution in [1.82, 2.24) is 4.57 Å². The molecule has 1 heterocycles. The van der Waals surface area contributed by atoms with Gasteiger partial charge in [-0.15, -0.1) is 0 Å². The number of hydrogen-bond donors (Lipinski definition) is 0. The Bertz CT molecular complexity index is 526. The Hall–Kier alpha value is -1.50. The molecule has 0 bridgehead atoms. The summed E-state index contributed by atoms with van der Waals surface area (Å²) >= 11 is 0. The van der Waals surface area contributed by atoms with Gasteiger partial charge in [0.2, 0.25) is 0 Å². The normalized spacial score (nSPS) is 10.9. The number of rotatable bonds is 5. The fourth-order valence-electron chi connectivity index (χ4n) is 2.95. The highest BCUT2D eigenvalue weighted by Gasteiger charge is 2.10. The molecule has 0 atom stereocenters. The van der Waals surface area contributed by atoms with Gasteiger partial charge in [-0.3, -0.25) is 0 Å². The molecule has 19 heavy (non-hydrogen) atoms. The zero-order chi connectivity index (χ0) is 13.8. The van der Waals surface area contributed by atoms with Crippen molar-refractivity contribution in [2.75, 3.05) is 0 Å². The van der Waals surface area contributed by atoms with Gasteiger partial charge in [-0.2, -0.15) is 0 Å². The molecule has 0 saturated carbocycles. The van der Waals surface area contributed by atoms with Gasteiger partial charge in [0.25, 0.3) is 0 Å². The molecule has 1 aromatic carbocycles. The van der Waals surface area contributed by atoms with Crippen molar-refractivity contribution < 1.29 is 0 Å². The Labute approximate surface area is 117 Å². The van der Waals surface area contributed by atoms with Gasteiger partial charge in [0.1, 0.15) is 0 Å². The maximum atomic E-state index is 2.40. The van der Waals surface area contributed by atoms with Crippen molar-refractivity contribution in [3.8, 4) is 11.3 Å². The second-order valence-electron chi connectivity index (χ2n) is 5.57. The highest BCUT2D eigenvalue weighted by Crippen LogP contribution is 2.29. The van der Waals surface area contributed by atoms with Crippen LogP contribution in [-0.4, -0.2) is 4.57 Å². The van der Waals surface area contributed by atoms with E-state index in [0.29, 0.717) is 0 Å². The van der Waals surface area contributed by atoms with Crippen LogP contribution < -0.4 is 0 Å².